The molecule has 0 spiro atoms. The molecule has 0 radical (unpaired) electrons. The molecule has 0 saturated carbocycles. The van der Waals surface area contributed by atoms with Crippen molar-refractivity contribution in [1.29, 1.82) is 0 Å². The predicted molar refractivity (Wildman–Crippen MR) is 95.3 cm³/mol. The van der Waals surface area contributed by atoms with Crippen LogP contribution in [0.2, 0.25) is 0 Å². The van der Waals surface area contributed by atoms with Crippen molar-refractivity contribution in [2.45, 2.75) is 20.4 Å². The Balaban J connectivity index is 1.81. The van der Waals surface area contributed by atoms with E-state index in [0.717, 1.165) is 11.1 Å². The van der Waals surface area contributed by atoms with Gasteiger partial charge in [-0.3, -0.25) is 4.79 Å². The zero-order valence-corrected chi connectivity index (χ0v) is 13.8. The summed E-state index contributed by atoms with van der Waals surface area (Å²) in [5.74, 6) is 1.08. The number of aromatic nitrogens is 2. The maximum absolute atomic E-state index is 12.4. The second-order valence-electron chi connectivity index (χ2n) is 6.08. The van der Waals surface area contributed by atoms with Crippen LogP contribution in [0.15, 0.2) is 71.8 Å². The summed E-state index contributed by atoms with van der Waals surface area (Å²) in [6, 6.07) is 17.8. The fourth-order valence-electron chi connectivity index (χ4n) is 2.49. The number of nitrogens with zero attached hydrogens (tertiary/aromatic N) is 2. The average molecular weight is 320 g/mol. The van der Waals surface area contributed by atoms with Crippen LogP contribution in [0.3, 0.4) is 0 Å². The van der Waals surface area contributed by atoms with Gasteiger partial charge in [0.1, 0.15) is 5.75 Å². The number of hydrogen-bond donors (Lipinski definition) is 0. The van der Waals surface area contributed by atoms with Gasteiger partial charge in [0.25, 0.3) is 5.88 Å². The summed E-state index contributed by atoms with van der Waals surface area (Å²) < 4.78 is 7.31. The van der Waals surface area contributed by atoms with Gasteiger partial charge in [-0.1, -0.05) is 56.3 Å². The molecule has 0 unspecified atom stereocenters. The predicted octanol–water partition coefficient (Wildman–Crippen LogP) is 4.36. The first-order valence-corrected chi connectivity index (χ1v) is 8.02. The van der Waals surface area contributed by atoms with E-state index in [1.165, 1.54) is 0 Å². The van der Waals surface area contributed by atoms with E-state index in [9.17, 15) is 4.79 Å². The molecule has 3 aromatic rings. The third-order valence-corrected chi connectivity index (χ3v) is 3.62. The molecular weight excluding hydrogens is 300 g/mol. The summed E-state index contributed by atoms with van der Waals surface area (Å²) in [6.07, 6.45) is 3.28. The van der Waals surface area contributed by atoms with E-state index in [2.05, 4.69) is 31.0 Å². The third-order valence-electron chi connectivity index (χ3n) is 3.62. The molecule has 0 amide bonds. The molecule has 0 aliphatic carbocycles. The van der Waals surface area contributed by atoms with E-state index in [-0.39, 0.29) is 11.4 Å². The summed E-state index contributed by atoms with van der Waals surface area (Å²) in [5.41, 5.74) is 2.03. The first-order chi connectivity index (χ1) is 11.6. The zero-order chi connectivity index (χ0) is 16.9. The van der Waals surface area contributed by atoms with Gasteiger partial charge in [-0.15, -0.1) is 0 Å². The first kappa shape index (κ1) is 16.0. The summed E-state index contributed by atoms with van der Waals surface area (Å²) >= 11 is 0. The van der Waals surface area contributed by atoms with Crippen molar-refractivity contribution in [2.75, 3.05) is 0 Å². The van der Waals surface area contributed by atoms with E-state index < -0.39 is 0 Å². The molecule has 4 heteroatoms. The lowest BCUT2D eigenvalue weighted by Gasteiger charge is -2.10. The van der Waals surface area contributed by atoms with Crippen LogP contribution in [0.5, 0.6) is 11.6 Å². The second-order valence-corrected chi connectivity index (χ2v) is 6.08. The Bertz CT molecular complexity index is 853. The quantitative estimate of drug-likeness (QED) is 0.701. The van der Waals surface area contributed by atoms with Gasteiger partial charge in [0, 0.05) is 18.9 Å². The molecule has 0 fully saturated rings. The lowest BCUT2D eigenvalue weighted by molar-refractivity contribution is 0.432. The molecule has 0 atom stereocenters. The molecule has 122 valence electrons. The van der Waals surface area contributed by atoms with Crippen molar-refractivity contribution in [3.8, 4) is 22.8 Å². The van der Waals surface area contributed by atoms with E-state index in [4.69, 9.17) is 4.74 Å². The molecular formula is C20H20N2O2. The normalized spacial score (nSPS) is 10.8. The largest absolute Gasteiger partial charge is 0.435 e. The van der Waals surface area contributed by atoms with Gasteiger partial charge in [-0.25, -0.2) is 4.98 Å². The van der Waals surface area contributed by atoms with E-state index in [1.54, 1.807) is 17.0 Å². The number of rotatable bonds is 5. The monoisotopic (exact) mass is 320 g/mol. The second kappa shape index (κ2) is 7.13. The molecule has 0 aliphatic rings. The smallest absolute Gasteiger partial charge is 0.313 e. The maximum atomic E-state index is 12.4. The Morgan fingerprint density at radius 2 is 1.67 bits per heavy atom. The van der Waals surface area contributed by atoms with Gasteiger partial charge in [-0.2, -0.15) is 0 Å². The van der Waals surface area contributed by atoms with Crippen LogP contribution in [-0.2, 0) is 6.54 Å². The van der Waals surface area contributed by atoms with Crippen molar-refractivity contribution in [3.63, 3.8) is 0 Å². The lowest BCUT2D eigenvalue weighted by atomic mass is 10.1. The number of ether oxygens (including phenoxy) is 1. The molecule has 4 nitrogen and oxygen atoms in total. The maximum Gasteiger partial charge on any atom is 0.313 e. The highest BCUT2D eigenvalue weighted by atomic mass is 16.5. The molecule has 0 bridgehead atoms. The van der Waals surface area contributed by atoms with Crippen molar-refractivity contribution in [1.82, 2.24) is 9.55 Å². The van der Waals surface area contributed by atoms with E-state index in [1.807, 2.05) is 42.5 Å². The van der Waals surface area contributed by atoms with Crippen LogP contribution >= 0.6 is 0 Å². The van der Waals surface area contributed by atoms with E-state index in [0.29, 0.717) is 18.2 Å². The summed E-state index contributed by atoms with van der Waals surface area (Å²) in [6.45, 7) is 4.77. The Hall–Kier alpha value is -2.88. The fraction of sp³-hybridized carbons (Fsp3) is 0.200. The van der Waals surface area contributed by atoms with Gasteiger partial charge in [0.05, 0.1) is 0 Å². The highest BCUT2D eigenvalue weighted by molar-refractivity contribution is 5.63. The SMILES string of the molecule is CC(C)Cn1ccnc(Oc2ccc(-c3ccccc3)cc2)c1=O. The minimum atomic E-state index is -0.210. The fourth-order valence-corrected chi connectivity index (χ4v) is 2.49. The molecule has 0 N–H and O–H groups in total. The third kappa shape index (κ3) is 3.71. The van der Waals surface area contributed by atoms with Crippen LogP contribution in [0.1, 0.15) is 13.8 Å². The van der Waals surface area contributed by atoms with Crippen molar-refractivity contribution < 1.29 is 4.74 Å². The Kier molecular flexibility index (Phi) is 4.75. The van der Waals surface area contributed by atoms with Crippen LogP contribution in [0, 0.1) is 5.92 Å². The summed E-state index contributed by atoms with van der Waals surface area (Å²) in [4.78, 5) is 16.4. The first-order valence-electron chi connectivity index (χ1n) is 8.02. The minimum Gasteiger partial charge on any atom is -0.435 e. The molecule has 1 heterocycles. The lowest BCUT2D eigenvalue weighted by Crippen LogP contribution is -2.23. The van der Waals surface area contributed by atoms with Gasteiger partial charge in [0.2, 0.25) is 0 Å². The molecule has 3 rings (SSSR count). The van der Waals surface area contributed by atoms with Crippen LogP contribution in [0.25, 0.3) is 11.1 Å². The van der Waals surface area contributed by atoms with Crippen LogP contribution in [0.4, 0.5) is 0 Å². The van der Waals surface area contributed by atoms with Gasteiger partial charge >= 0.3 is 5.56 Å². The Morgan fingerprint density at radius 3 is 2.33 bits per heavy atom. The molecule has 0 saturated heterocycles. The highest BCUT2D eigenvalue weighted by Crippen LogP contribution is 2.23. The highest BCUT2D eigenvalue weighted by Gasteiger charge is 2.08. The molecule has 1 aromatic heterocycles. The molecule has 2 aromatic carbocycles. The number of benzene rings is 2. The van der Waals surface area contributed by atoms with Crippen LogP contribution in [-0.4, -0.2) is 9.55 Å². The van der Waals surface area contributed by atoms with Crippen molar-refractivity contribution >= 4 is 0 Å². The Labute approximate surface area is 141 Å². The summed E-state index contributed by atoms with van der Waals surface area (Å²) in [7, 11) is 0. The van der Waals surface area contributed by atoms with Crippen molar-refractivity contribution in [2.24, 2.45) is 5.92 Å². The zero-order valence-electron chi connectivity index (χ0n) is 13.8. The average Bonchev–Trinajstić information content (AvgIpc) is 2.59. The molecule has 24 heavy (non-hydrogen) atoms. The van der Waals surface area contributed by atoms with Gasteiger partial charge < -0.3 is 9.30 Å². The van der Waals surface area contributed by atoms with Gasteiger partial charge in [-0.05, 0) is 29.2 Å². The Morgan fingerprint density at radius 1 is 1.00 bits per heavy atom. The minimum absolute atomic E-state index is 0.102. The standard InChI is InChI=1S/C20H20N2O2/c1-15(2)14-22-13-12-21-19(20(22)23)24-18-10-8-17(9-11-18)16-6-4-3-5-7-16/h3-13,15H,14H2,1-2H3. The van der Waals surface area contributed by atoms with Crippen LogP contribution < -0.4 is 10.3 Å². The molecule has 0 aliphatic heterocycles. The number of hydrogen-bond acceptors (Lipinski definition) is 3. The van der Waals surface area contributed by atoms with Crippen molar-refractivity contribution in [3.05, 3.63) is 77.3 Å². The van der Waals surface area contributed by atoms with Gasteiger partial charge in [0.15, 0.2) is 0 Å². The summed E-state index contributed by atoms with van der Waals surface area (Å²) in [5, 5.41) is 0. The van der Waals surface area contributed by atoms with E-state index >= 15 is 0 Å². The topological polar surface area (TPSA) is 44.1 Å².